The van der Waals surface area contributed by atoms with Crippen LogP contribution in [0.3, 0.4) is 0 Å². The van der Waals surface area contributed by atoms with Crippen molar-refractivity contribution in [3.63, 3.8) is 0 Å². The van der Waals surface area contributed by atoms with Gasteiger partial charge in [-0.2, -0.15) is 11.8 Å². The second-order valence-electron chi connectivity index (χ2n) is 6.42. The molecule has 1 rings (SSSR count). The lowest BCUT2D eigenvalue weighted by Gasteiger charge is -2.45. The van der Waals surface area contributed by atoms with Crippen molar-refractivity contribution in [1.82, 2.24) is 4.90 Å². The highest BCUT2D eigenvalue weighted by Gasteiger charge is 2.44. The number of thioether (sulfide) groups is 1. The fraction of sp³-hybridized carbons (Fsp3) is 1.00. The van der Waals surface area contributed by atoms with Crippen LogP contribution in [0.5, 0.6) is 0 Å². The average molecular weight is 258 g/mol. The molecule has 0 bridgehead atoms. The predicted molar refractivity (Wildman–Crippen MR) is 79.5 cm³/mol. The van der Waals surface area contributed by atoms with Crippen LogP contribution in [-0.4, -0.2) is 41.6 Å². The van der Waals surface area contributed by atoms with Gasteiger partial charge in [-0.15, -0.1) is 0 Å². The highest BCUT2D eigenvalue weighted by Crippen LogP contribution is 2.38. The molecule has 17 heavy (non-hydrogen) atoms. The van der Waals surface area contributed by atoms with Gasteiger partial charge < -0.3 is 5.73 Å². The summed E-state index contributed by atoms with van der Waals surface area (Å²) in [4.78, 5) is 2.69. The molecule has 0 radical (unpaired) electrons. The number of nitrogens with two attached hydrogens (primary N) is 1. The maximum Gasteiger partial charge on any atom is 0.0455 e. The van der Waals surface area contributed by atoms with Gasteiger partial charge in [0.15, 0.2) is 0 Å². The molecule has 2 N–H and O–H groups in total. The molecule has 0 saturated carbocycles. The summed E-state index contributed by atoms with van der Waals surface area (Å²) < 4.78 is 0. The Morgan fingerprint density at radius 3 is 2.06 bits per heavy atom. The van der Waals surface area contributed by atoms with E-state index in [4.69, 9.17) is 5.73 Å². The van der Waals surface area contributed by atoms with E-state index in [-0.39, 0.29) is 5.54 Å². The van der Waals surface area contributed by atoms with Crippen LogP contribution in [-0.2, 0) is 0 Å². The number of hydrogen-bond acceptors (Lipinski definition) is 3. The molecule has 1 saturated heterocycles. The molecule has 102 valence electrons. The number of rotatable bonds is 6. The van der Waals surface area contributed by atoms with E-state index in [0.29, 0.717) is 0 Å². The largest absolute Gasteiger partial charge is 0.329 e. The van der Waals surface area contributed by atoms with Gasteiger partial charge in [-0.05, 0) is 23.5 Å². The summed E-state index contributed by atoms with van der Waals surface area (Å²) in [7, 11) is 0. The lowest BCUT2D eigenvalue weighted by molar-refractivity contribution is 0.0563. The maximum absolute atomic E-state index is 6.16. The van der Waals surface area contributed by atoms with Crippen molar-refractivity contribution in [3.05, 3.63) is 0 Å². The van der Waals surface area contributed by atoms with Gasteiger partial charge in [0.2, 0.25) is 0 Å². The molecular weight excluding hydrogens is 228 g/mol. The van der Waals surface area contributed by atoms with Gasteiger partial charge >= 0.3 is 0 Å². The minimum atomic E-state index is 0.249. The predicted octanol–water partition coefficient (Wildman–Crippen LogP) is 2.68. The Hall–Kier alpha value is 0.270. The quantitative estimate of drug-likeness (QED) is 0.794. The second-order valence-corrected chi connectivity index (χ2v) is 7.45. The van der Waals surface area contributed by atoms with Gasteiger partial charge in [0, 0.05) is 30.9 Å². The number of nitrogens with zero attached hydrogens (tertiary/aromatic N) is 1. The van der Waals surface area contributed by atoms with E-state index in [1.54, 1.807) is 0 Å². The third-order valence-electron chi connectivity index (χ3n) is 3.79. The first-order valence-electron chi connectivity index (χ1n) is 6.95. The average Bonchev–Trinajstić information content (AvgIpc) is 2.58. The van der Waals surface area contributed by atoms with E-state index >= 15 is 0 Å². The molecule has 1 aliphatic rings. The first-order chi connectivity index (χ1) is 7.92. The van der Waals surface area contributed by atoms with Gasteiger partial charge in [-0.1, -0.05) is 34.6 Å². The van der Waals surface area contributed by atoms with E-state index in [9.17, 15) is 0 Å². The first-order valence-corrected chi connectivity index (χ1v) is 8.10. The molecule has 2 atom stereocenters. The minimum Gasteiger partial charge on any atom is -0.329 e. The highest BCUT2D eigenvalue weighted by atomic mass is 32.2. The van der Waals surface area contributed by atoms with Crippen molar-refractivity contribution < 1.29 is 0 Å². The fourth-order valence-electron chi connectivity index (χ4n) is 2.82. The maximum atomic E-state index is 6.16. The Kier molecular flexibility index (Phi) is 5.81. The molecular formula is C14H30N2S. The van der Waals surface area contributed by atoms with Crippen molar-refractivity contribution >= 4 is 11.8 Å². The molecule has 1 aliphatic heterocycles. The van der Waals surface area contributed by atoms with Gasteiger partial charge in [-0.3, -0.25) is 4.90 Å². The van der Waals surface area contributed by atoms with E-state index in [1.807, 2.05) is 0 Å². The third kappa shape index (κ3) is 3.62. The van der Waals surface area contributed by atoms with Crippen molar-refractivity contribution in [2.75, 3.05) is 31.1 Å². The first kappa shape index (κ1) is 15.3. The summed E-state index contributed by atoms with van der Waals surface area (Å²) >= 11 is 2.07. The van der Waals surface area contributed by atoms with E-state index in [0.717, 1.165) is 24.3 Å². The molecule has 3 heteroatoms. The summed E-state index contributed by atoms with van der Waals surface area (Å²) in [5, 5.41) is 0. The minimum absolute atomic E-state index is 0.249. The summed E-state index contributed by atoms with van der Waals surface area (Å²) in [6.07, 6.45) is 0. The van der Waals surface area contributed by atoms with Crippen molar-refractivity contribution in [2.45, 2.75) is 40.2 Å². The molecule has 2 unspecified atom stereocenters. The summed E-state index contributed by atoms with van der Waals surface area (Å²) in [5.41, 5.74) is 6.41. The standard InChI is InChI=1S/C14H30N2S/c1-11(2)6-16(7-12(3)4)14(9-15)10-17-8-13(14)5/h11-13H,6-10,15H2,1-5H3. The molecule has 0 aromatic heterocycles. The molecule has 1 fully saturated rings. The van der Waals surface area contributed by atoms with Crippen molar-refractivity contribution in [1.29, 1.82) is 0 Å². The van der Waals surface area contributed by atoms with E-state index < -0.39 is 0 Å². The smallest absolute Gasteiger partial charge is 0.0455 e. The Balaban J connectivity index is 2.84. The van der Waals surface area contributed by atoms with Crippen LogP contribution in [0.2, 0.25) is 0 Å². The molecule has 0 spiro atoms. The van der Waals surface area contributed by atoms with Crippen LogP contribution >= 0.6 is 11.8 Å². The van der Waals surface area contributed by atoms with Crippen molar-refractivity contribution in [3.8, 4) is 0 Å². The van der Waals surface area contributed by atoms with Crippen LogP contribution in [0.25, 0.3) is 0 Å². The van der Waals surface area contributed by atoms with Gasteiger partial charge in [-0.25, -0.2) is 0 Å². The normalized spacial score (nSPS) is 29.8. The molecule has 0 aromatic carbocycles. The van der Waals surface area contributed by atoms with Crippen LogP contribution in [0, 0.1) is 17.8 Å². The number of hydrogen-bond donors (Lipinski definition) is 1. The molecule has 0 aromatic rings. The zero-order chi connectivity index (χ0) is 13.1. The van der Waals surface area contributed by atoms with Crippen LogP contribution in [0.1, 0.15) is 34.6 Å². The lowest BCUT2D eigenvalue weighted by Crippen LogP contribution is -2.59. The Morgan fingerprint density at radius 2 is 1.76 bits per heavy atom. The van der Waals surface area contributed by atoms with Crippen LogP contribution < -0.4 is 5.73 Å². The summed E-state index contributed by atoms with van der Waals surface area (Å²) in [5.74, 6) is 4.63. The van der Waals surface area contributed by atoms with Gasteiger partial charge in [0.05, 0.1) is 0 Å². The SMILES string of the molecule is CC(C)CN(CC(C)C)C1(CN)CSCC1C. The summed E-state index contributed by atoms with van der Waals surface area (Å²) in [6.45, 7) is 14.8. The monoisotopic (exact) mass is 258 g/mol. The molecule has 1 heterocycles. The van der Waals surface area contributed by atoms with Gasteiger partial charge in [0.1, 0.15) is 0 Å². The zero-order valence-electron chi connectivity index (χ0n) is 12.2. The topological polar surface area (TPSA) is 29.3 Å². The summed E-state index contributed by atoms with van der Waals surface area (Å²) in [6, 6.07) is 0. The molecule has 2 nitrogen and oxygen atoms in total. The van der Waals surface area contributed by atoms with E-state index in [1.165, 1.54) is 24.6 Å². The van der Waals surface area contributed by atoms with Gasteiger partial charge in [0.25, 0.3) is 0 Å². The lowest BCUT2D eigenvalue weighted by atomic mass is 9.85. The van der Waals surface area contributed by atoms with E-state index in [2.05, 4.69) is 51.3 Å². The molecule has 0 aliphatic carbocycles. The van der Waals surface area contributed by atoms with Crippen LogP contribution in [0.4, 0.5) is 0 Å². The molecule has 0 amide bonds. The zero-order valence-corrected chi connectivity index (χ0v) is 13.0. The Labute approximate surface area is 112 Å². The van der Waals surface area contributed by atoms with Crippen LogP contribution in [0.15, 0.2) is 0 Å². The fourth-order valence-corrected chi connectivity index (χ4v) is 4.54. The second kappa shape index (κ2) is 6.44. The Morgan fingerprint density at radius 1 is 1.24 bits per heavy atom. The third-order valence-corrected chi connectivity index (χ3v) is 5.23. The van der Waals surface area contributed by atoms with Crippen molar-refractivity contribution in [2.24, 2.45) is 23.5 Å². The Bertz CT molecular complexity index is 220. The highest BCUT2D eigenvalue weighted by molar-refractivity contribution is 7.99.